The summed E-state index contributed by atoms with van der Waals surface area (Å²) in [5, 5.41) is 4.21. The standard InChI is InChI=1S/C16H18N2O6S2/c1-23-13-6-3-2-5-12(13)18-14(19)11-24-15(20)8-9-17-26(21,22)16-7-4-10-25-16/h2-7,10,17H,8-9,11H2,1H3,(H,18,19). The zero-order chi connectivity index (χ0) is 19.0. The molecule has 0 aliphatic rings. The molecule has 8 nitrogen and oxygen atoms in total. The Morgan fingerprint density at radius 3 is 2.62 bits per heavy atom. The third kappa shape index (κ3) is 5.83. The monoisotopic (exact) mass is 398 g/mol. The van der Waals surface area contributed by atoms with Crippen LogP contribution >= 0.6 is 11.3 Å². The molecule has 0 bridgehead atoms. The van der Waals surface area contributed by atoms with E-state index >= 15 is 0 Å². The van der Waals surface area contributed by atoms with Gasteiger partial charge in [0, 0.05) is 6.54 Å². The van der Waals surface area contributed by atoms with Gasteiger partial charge in [0.05, 0.1) is 19.2 Å². The van der Waals surface area contributed by atoms with Crippen molar-refractivity contribution in [2.24, 2.45) is 0 Å². The lowest BCUT2D eigenvalue weighted by atomic mass is 10.3. The highest BCUT2D eigenvalue weighted by Crippen LogP contribution is 2.22. The highest BCUT2D eigenvalue weighted by Gasteiger charge is 2.16. The number of hydrogen-bond donors (Lipinski definition) is 2. The SMILES string of the molecule is COc1ccccc1NC(=O)COC(=O)CCNS(=O)(=O)c1cccs1. The molecule has 0 spiro atoms. The van der Waals surface area contributed by atoms with Gasteiger partial charge in [-0.15, -0.1) is 11.3 Å². The second-order valence-corrected chi connectivity index (χ2v) is 7.93. The second-order valence-electron chi connectivity index (χ2n) is 4.99. The fourth-order valence-electron chi connectivity index (χ4n) is 1.93. The van der Waals surface area contributed by atoms with Crippen LogP contribution in [0.4, 0.5) is 5.69 Å². The fraction of sp³-hybridized carbons (Fsp3) is 0.250. The number of amides is 1. The van der Waals surface area contributed by atoms with Gasteiger partial charge in [-0.05, 0) is 23.6 Å². The van der Waals surface area contributed by atoms with Crippen molar-refractivity contribution in [3.8, 4) is 5.75 Å². The van der Waals surface area contributed by atoms with Gasteiger partial charge in [-0.1, -0.05) is 18.2 Å². The Bertz CT molecular complexity index is 849. The molecule has 2 aromatic rings. The van der Waals surface area contributed by atoms with Crippen molar-refractivity contribution >= 4 is 38.9 Å². The topological polar surface area (TPSA) is 111 Å². The molecule has 0 atom stereocenters. The van der Waals surface area contributed by atoms with E-state index in [4.69, 9.17) is 9.47 Å². The van der Waals surface area contributed by atoms with Crippen molar-refractivity contribution in [1.82, 2.24) is 4.72 Å². The van der Waals surface area contributed by atoms with Gasteiger partial charge in [-0.25, -0.2) is 13.1 Å². The van der Waals surface area contributed by atoms with Crippen LogP contribution in [-0.4, -0.2) is 40.6 Å². The van der Waals surface area contributed by atoms with E-state index < -0.39 is 28.5 Å². The molecule has 0 unspecified atom stereocenters. The van der Waals surface area contributed by atoms with E-state index in [0.717, 1.165) is 11.3 Å². The fourth-order valence-corrected chi connectivity index (χ4v) is 4.00. The third-order valence-corrected chi connectivity index (χ3v) is 5.98. The molecule has 26 heavy (non-hydrogen) atoms. The first-order valence-electron chi connectivity index (χ1n) is 7.54. The van der Waals surface area contributed by atoms with Crippen LogP contribution in [0.15, 0.2) is 46.0 Å². The maximum absolute atomic E-state index is 11.9. The maximum atomic E-state index is 11.9. The summed E-state index contributed by atoms with van der Waals surface area (Å²) >= 11 is 1.08. The minimum atomic E-state index is -3.62. The number of para-hydroxylation sites is 2. The number of carbonyl (C=O) groups excluding carboxylic acids is 2. The molecule has 2 N–H and O–H groups in total. The summed E-state index contributed by atoms with van der Waals surface area (Å²) in [6.45, 7) is -0.595. The maximum Gasteiger partial charge on any atom is 0.307 e. The van der Waals surface area contributed by atoms with Crippen LogP contribution in [0, 0.1) is 0 Å². The van der Waals surface area contributed by atoms with Gasteiger partial charge in [0.25, 0.3) is 5.91 Å². The largest absolute Gasteiger partial charge is 0.495 e. The average Bonchev–Trinajstić information content (AvgIpc) is 3.16. The number of thiophene rings is 1. The Morgan fingerprint density at radius 2 is 1.92 bits per heavy atom. The molecular formula is C16H18N2O6S2. The summed E-state index contributed by atoms with van der Waals surface area (Å²) in [5.74, 6) is -0.730. The normalized spacial score (nSPS) is 11.0. The molecule has 2 rings (SSSR count). The van der Waals surface area contributed by atoms with Crippen LogP contribution in [-0.2, 0) is 24.3 Å². The summed E-state index contributed by atoms with van der Waals surface area (Å²) in [6.07, 6.45) is -0.188. The quantitative estimate of drug-likeness (QED) is 0.621. The first-order valence-corrected chi connectivity index (χ1v) is 9.90. The lowest BCUT2D eigenvalue weighted by molar-refractivity contribution is -0.147. The average molecular weight is 398 g/mol. The van der Waals surface area contributed by atoms with E-state index in [9.17, 15) is 18.0 Å². The van der Waals surface area contributed by atoms with Gasteiger partial charge in [0.1, 0.15) is 9.96 Å². The number of ether oxygens (including phenoxy) is 2. The van der Waals surface area contributed by atoms with Crippen molar-refractivity contribution in [2.45, 2.75) is 10.6 Å². The van der Waals surface area contributed by atoms with Crippen molar-refractivity contribution in [3.63, 3.8) is 0 Å². The molecule has 0 saturated carbocycles. The zero-order valence-electron chi connectivity index (χ0n) is 13.9. The Balaban J connectivity index is 1.72. The van der Waals surface area contributed by atoms with Crippen LogP contribution in [0.1, 0.15) is 6.42 Å². The van der Waals surface area contributed by atoms with E-state index in [1.165, 1.54) is 13.2 Å². The lowest BCUT2D eigenvalue weighted by Gasteiger charge is -2.10. The van der Waals surface area contributed by atoms with E-state index in [1.54, 1.807) is 35.7 Å². The van der Waals surface area contributed by atoms with Crippen molar-refractivity contribution in [3.05, 3.63) is 41.8 Å². The number of methoxy groups -OCH3 is 1. The second kappa shape index (κ2) is 9.32. The van der Waals surface area contributed by atoms with Crippen LogP contribution in [0.25, 0.3) is 0 Å². The number of rotatable bonds is 9. The van der Waals surface area contributed by atoms with Crippen molar-refractivity contribution < 1.29 is 27.5 Å². The Labute approximate surface area is 155 Å². The van der Waals surface area contributed by atoms with Gasteiger partial charge in [0.15, 0.2) is 6.61 Å². The predicted molar refractivity (Wildman–Crippen MR) is 96.7 cm³/mol. The number of carbonyl (C=O) groups is 2. The summed E-state index contributed by atoms with van der Waals surface area (Å²) in [4.78, 5) is 23.5. The highest BCUT2D eigenvalue weighted by atomic mass is 32.2. The minimum absolute atomic E-state index is 0.118. The number of esters is 1. The zero-order valence-corrected chi connectivity index (χ0v) is 15.6. The molecule has 10 heteroatoms. The molecule has 1 aromatic heterocycles. The van der Waals surface area contributed by atoms with Gasteiger partial charge < -0.3 is 14.8 Å². The summed E-state index contributed by atoms with van der Waals surface area (Å²) in [6, 6.07) is 9.90. The molecule has 1 heterocycles. The molecular weight excluding hydrogens is 380 g/mol. The van der Waals surface area contributed by atoms with Gasteiger partial charge >= 0.3 is 5.97 Å². The van der Waals surface area contributed by atoms with E-state index in [2.05, 4.69) is 10.0 Å². The van der Waals surface area contributed by atoms with Gasteiger partial charge in [-0.2, -0.15) is 0 Å². The van der Waals surface area contributed by atoms with Crippen molar-refractivity contribution in [1.29, 1.82) is 0 Å². The van der Waals surface area contributed by atoms with E-state index in [0.29, 0.717) is 11.4 Å². The van der Waals surface area contributed by atoms with E-state index in [1.807, 2.05) is 0 Å². The van der Waals surface area contributed by atoms with Gasteiger partial charge in [0.2, 0.25) is 10.0 Å². The molecule has 0 radical (unpaired) electrons. The van der Waals surface area contributed by atoms with Crippen LogP contribution in [0.2, 0.25) is 0 Å². The van der Waals surface area contributed by atoms with Crippen LogP contribution in [0.5, 0.6) is 5.75 Å². The summed E-state index contributed by atoms with van der Waals surface area (Å²) in [5.41, 5.74) is 0.458. The molecule has 1 aromatic carbocycles. The summed E-state index contributed by atoms with van der Waals surface area (Å²) in [7, 11) is -2.15. The molecule has 0 saturated heterocycles. The minimum Gasteiger partial charge on any atom is -0.495 e. The number of benzene rings is 1. The van der Waals surface area contributed by atoms with Crippen molar-refractivity contribution in [2.75, 3.05) is 25.6 Å². The first-order chi connectivity index (χ1) is 12.4. The molecule has 140 valence electrons. The Kier molecular flexibility index (Phi) is 7.13. The number of sulfonamides is 1. The third-order valence-electron chi connectivity index (χ3n) is 3.13. The predicted octanol–water partition coefficient (Wildman–Crippen LogP) is 1.61. The molecule has 1 amide bonds. The smallest absolute Gasteiger partial charge is 0.307 e. The number of nitrogens with one attached hydrogen (secondary N) is 2. The summed E-state index contributed by atoms with van der Waals surface area (Å²) < 4.78 is 36.2. The van der Waals surface area contributed by atoms with Crippen LogP contribution in [0.3, 0.4) is 0 Å². The Hall–Kier alpha value is -2.43. The lowest BCUT2D eigenvalue weighted by Crippen LogP contribution is -2.27. The van der Waals surface area contributed by atoms with E-state index in [-0.39, 0.29) is 17.2 Å². The highest BCUT2D eigenvalue weighted by molar-refractivity contribution is 7.91. The Morgan fingerprint density at radius 1 is 1.15 bits per heavy atom. The molecule has 0 fully saturated rings. The van der Waals surface area contributed by atoms with Gasteiger partial charge in [-0.3, -0.25) is 9.59 Å². The number of hydrogen-bond acceptors (Lipinski definition) is 7. The first kappa shape index (κ1) is 19.9. The molecule has 0 aliphatic carbocycles. The molecule has 0 aliphatic heterocycles. The number of anilines is 1. The van der Waals surface area contributed by atoms with Crippen LogP contribution < -0.4 is 14.8 Å².